The number of aliphatic hydroxyl groups is 1. The average molecular weight is 164 g/mol. The van der Waals surface area contributed by atoms with Crippen molar-refractivity contribution in [1.29, 1.82) is 0 Å². The van der Waals surface area contributed by atoms with Gasteiger partial charge in [-0.15, -0.1) is 0 Å². The fraction of sp³-hybridized carbons (Fsp3) is 0.833. The second kappa shape index (κ2) is 7.30. The SMILES string of the molecule is O=C(O)OCCCOCCO. The lowest BCUT2D eigenvalue weighted by molar-refractivity contribution is 0.0610. The smallest absolute Gasteiger partial charge is 0.450 e. The summed E-state index contributed by atoms with van der Waals surface area (Å²) in [6.45, 7) is 0.821. The first kappa shape index (κ1) is 10.2. The molecular formula is C6H12O5. The molecule has 0 rings (SSSR count). The van der Waals surface area contributed by atoms with E-state index in [4.69, 9.17) is 14.9 Å². The molecule has 0 aliphatic carbocycles. The minimum atomic E-state index is -1.27. The number of carboxylic acid groups (broad SMARTS) is 1. The van der Waals surface area contributed by atoms with Crippen LogP contribution in [0.2, 0.25) is 0 Å². The van der Waals surface area contributed by atoms with Gasteiger partial charge in [-0.25, -0.2) is 4.79 Å². The summed E-state index contributed by atoms with van der Waals surface area (Å²) >= 11 is 0. The standard InChI is InChI=1S/C6H12O5/c7-2-5-10-3-1-4-11-6(8)9/h7H,1-5H2,(H,8,9). The summed E-state index contributed by atoms with van der Waals surface area (Å²) in [5.74, 6) is 0. The number of hydrogen-bond donors (Lipinski definition) is 2. The first-order valence-electron chi connectivity index (χ1n) is 3.31. The number of aliphatic hydroxyl groups excluding tert-OH is 1. The van der Waals surface area contributed by atoms with E-state index in [1.165, 1.54) is 0 Å². The highest BCUT2D eigenvalue weighted by Gasteiger charge is 1.94. The van der Waals surface area contributed by atoms with E-state index < -0.39 is 6.16 Å². The molecule has 0 fully saturated rings. The van der Waals surface area contributed by atoms with Gasteiger partial charge in [0.15, 0.2) is 0 Å². The fourth-order valence-electron chi connectivity index (χ4n) is 0.487. The Balaban J connectivity index is 2.85. The van der Waals surface area contributed by atoms with Crippen LogP contribution >= 0.6 is 0 Å². The summed E-state index contributed by atoms with van der Waals surface area (Å²) in [6.07, 6.45) is -0.751. The van der Waals surface area contributed by atoms with Crippen molar-refractivity contribution in [3.63, 3.8) is 0 Å². The lowest BCUT2D eigenvalue weighted by Crippen LogP contribution is -2.06. The first-order chi connectivity index (χ1) is 5.27. The van der Waals surface area contributed by atoms with Gasteiger partial charge in [-0.1, -0.05) is 0 Å². The molecule has 5 nitrogen and oxygen atoms in total. The molecule has 0 bridgehead atoms. The van der Waals surface area contributed by atoms with E-state index in [1.54, 1.807) is 0 Å². The maximum absolute atomic E-state index is 9.79. The molecule has 0 spiro atoms. The Morgan fingerprint density at radius 1 is 1.27 bits per heavy atom. The van der Waals surface area contributed by atoms with Crippen LogP contribution in [-0.2, 0) is 9.47 Å². The van der Waals surface area contributed by atoms with Crippen LogP contribution in [0, 0.1) is 0 Å². The normalized spacial score (nSPS) is 9.55. The summed E-state index contributed by atoms with van der Waals surface area (Å²) in [6, 6.07) is 0. The van der Waals surface area contributed by atoms with Gasteiger partial charge in [0.2, 0.25) is 0 Å². The van der Waals surface area contributed by atoms with Crippen molar-refractivity contribution in [3.05, 3.63) is 0 Å². The molecule has 0 amide bonds. The minimum absolute atomic E-state index is 0.0141. The third-order valence-electron chi connectivity index (χ3n) is 0.894. The van der Waals surface area contributed by atoms with Crippen molar-refractivity contribution in [2.24, 2.45) is 0 Å². The van der Waals surface area contributed by atoms with Gasteiger partial charge < -0.3 is 19.7 Å². The van der Waals surface area contributed by atoms with E-state index in [2.05, 4.69) is 4.74 Å². The Morgan fingerprint density at radius 3 is 2.55 bits per heavy atom. The zero-order valence-electron chi connectivity index (χ0n) is 6.15. The lowest BCUT2D eigenvalue weighted by atomic mass is 10.5. The Labute approximate surface area is 64.5 Å². The molecule has 0 atom stereocenters. The van der Waals surface area contributed by atoms with Gasteiger partial charge in [-0.2, -0.15) is 0 Å². The molecule has 0 radical (unpaired) electrons. The molecule has 0 saturated carbocycles. The van der Waals surface area contributed by atoms with Crippen molar-refractivity contribution < 1.29 is 24.5 Å². The predicted octanol–water partition coefficient (Wildman–Crippen LogP) is 0.0800. The summed E-state index contributed by atoms with van der Waals surface area (Å²) in [4.78, 5) is 9.79. The van der Waals surface area contributed by atoms with Crippen molar-refractivity contribution >= 4 is 6.16 Å². The fourth-order valence-corrected chi connectivity index (χ4v) is 0.487. The van der Waals surface area contributed by atoms with E-state index in [9.17, 15) is 4.79 Å². The van der Waals surface area contributed by atoms with Crippen molar-refractivity contribution in [1.82, 2.24) is 0 Å². The minimum Gasteiger partial charge on any atom is -0.450 e. The van der Waals surface area contributed by atoms with Crippen LogP contribution in [0.1, 0.15) is 6.42 Å². The van der Waals surface area contributed by atoms with E-state index in [-0.39, 0.29) is 19.8 Å². The second-order valence-corrected chi connectivity index (χ2v) is 1.80. The molecular weight excluding hydrogens is 152 g/mol. The maximum atomic E-state index is 9.79. The zero-order valence-corrected chi connectivity index (χ0v) is 6.15. The molecule has 0 aliphatic heterocycles. The zero-order chi connectivity index (χ0) is 8.53. The van der Waals surface area contributed by atoms with Gasteiger partial charge in [0.1, 0.15) is 0 Å². The average Bonchev–Trinajstić information content (AvgIpc) is 1.96. The van der Waals surface area contributed by atoms with Crippen LogP contribution in [0.3, 0.4) is 0 Å². The largest absolute Gasteiger partial charge is 0.505 e. The Morgan fingerprint density at radius 2 is 2.00 bits per heavy atom. The summed E-state index contributed by atoms with van der Waals surface area (Å²) in [7, 11) is 0. The molecule has 0 unspecified atom stereocenters. The summed E-state index contributed by atoms with van der Waals surface area (Å²) < 4.78 is 9.04. The van der Waals surface area contributed by atoms with E-state index in [0.717, 1.165) is 0 Å². The molecule has 0 aromatic heterocycles. The van der Waals surface area contributed by atoms with Crippen molar-refractivity contribution in [2.45, 2.75) is 6.42 Å². The van der Waals surface area contributed by atoms with Crippen LogP contribution in [0.5, 0.6) is 0 Å². The molecule has 11 heavy (non-hydrogen) atoms. The monoisotopic (exact) mass is 164 g/mol. The topological polar surface area (TPSA) is 76.0 Å². The van der Waals surface area contributed by atoms with Gasteiger partial charge in [0.25, 0.3) is 0 Å². The molecule has 66 valence electrons. The van der Waals surface area contributed by atoms with Gasteiger partial charge in [0.05, 0.1) is 19.8 Å². The summed E-state index contributed by atoms with van der Waals surface area (Å²) in [5, 5.41) is 16.3. The van der Waals surface area contributed by atoms with Gasteiger partial charge in [-0.05, 0) is 0 Å². The lowest BCUT2D eigenvalue weighted by Gasteiger charge is -2.00. The van der Waals surface area contributed by atoms with Crippen LogP contribution in [0.25, 0.3) is 0 Å². The first-order valence-corrected chi connectivity index (χ1v) is 3.31. The highest BCUT2D eigenvalue weighted by Crippen LogP contribution is 1.85. The molecule has 0 aliphatic rings. The predicted molar refractivity (Wildman–Crippen MR) is 36.5 cm³/mol. The molecule has 0 aromatic rings. The van der Waals surface area contributed by atoms with Crippen LogP contribution < -0.4 is 0 Å². The van der Waals surface area contributed by atoms with Gasteiger partial charge in [-0.3, -0.25) is 0 Å². The highest BCUT2D eigenvalue weighted by molar-refractivity contribution is 5.56. The van der Waals surface area contributed by atoms with E-state index in [0.29, 0.717) is 13.0 Å². The van der Waals surface area contributed by atoms with Crippen LogP contribution in [0.4, 0.5) is 4.79 Å². The quantitative estimate of drug-likeness (QED) is 0.429. The third kappa shape index (κ3) is 9.19. The Bertz CT molecular complexity index is 103. The molecule has 0 aromatic carbocycles. The van der Waals surface area contributed by atoms with Gasteiger partial charge in [0, 0.05) is 13.0 Å². The van der Waals surface area contributed by atoms with E-state index in [1.807, 2.05) is 0 Å². The van der Waals surface area contributed by atoms with Gasteiger partial charge >= 0.3 is 6.16 Å². The molecule has 2 N–H and O–H groups in total. The Kier molecular flexibility index (Phi) is 6.76. The van der Waals surface area contributed by atoms with Crippen molar-refractivity contribution in [2.75, 3.05) is 26.4 Å². The number of rotatable bonds is 6. The molecule has 0 saturated heterocycles. The third-order valence-corrected chi connectivity index (χ3v) is 0.894. The molecule has 0 heterocycles. The number of hydrogen-bond acceptors (Lipinski definition) is 4. The number of ether oxygens (including phenoxy) is 2. The van der Waals surface area contributed by atoms with Crippen LogP contribution in [0.15, 0.2) is 0 Å². The Hall–Kier alpha value is -0.810. The second-order valence-electron chi connectivity index (χ2n) is 1.80. The maximum Gasteiger partial charge on any atom is 0.505 e. The number of carbonyl (C=O) groups is 1. The van der Waals surface area contributed by atoms with Crippen LogP contribution in [-0.4, -0.2) is 42.8 Å². The molecule has 5 heteroatoms. The summed E-state index contributed by atoms with van der Waals surface area (Å²) in [5.41, 5.74) is 0. The van der Waals surface area contributed by atoms with Crippen molar-refractivity contribution in [3.8, 4) is 0 Å². The van der Waals surface area contributed by atoms with E-state index >= 15 is 0 Å². The highest BCUT2D eigenvalue weighted by atomic mass is 16.7.